The van der Waals surface area contributed by atoms with Crippen LogP contribution in [0.2, 0.25) is 0 Å². The molecule has 0 saturated heterocycles. The summed E-state index contributed by atoms with van der Waals surface area (Å²) in [5.74, 6) is -0.602. The molecule has 6 heteroatoms. The molecule has 0 saturated carbocycles. The average molecular weight is 361 g/mol. The highest BCUT2D eigenvalue weighted by Gasteiger charge is 2.39. The summed E-state index contributed by atoms with van der Waals surface area (Å²) in [5, 5.41) is 0. The van der Waals surface area contributed by atoms with Crippen molar-refractivity contribution in [3.05, 3.63) is 65.7 Å². The number of carbonyl (C=O) groups is 1. The summed E-state index contributed by atoms with van der Waals surface area (Å²) in [6, 6.07) is 15.7. The molecule has 0 aliphatic carbocycles. The molecule has 25 heavy (non-hydrogen) atoms. The quantitative estimate of drug-likeness (QED) is 0.770. The van der Waals surface area contributed by atoms with Crippen LogP contribution in [0.4, 0.5) is 0 Å². The van der Waals surface area contributed by atoms with E-state index in [4.69, 9.17) is 4.74 Å². The molecule has 0 aliphatic rings. The lowest BCUT2D eigenvalue weighted by Gasteiger charge is -2.28. The SMILES string of the molecule is CCOC(=O)C(C)(Cc1ccccc1)NS(=O)(=O)c1ccc(C)cc1. The van der Waals surface area contributed by atoms with Crippen molar-refractivity contribution in [3.8, 4) is 0 Å². The number of carbonyl (C=O) groups excluding carboxylic acids is 1. The number of benzene rings is 2. The molecule has 2 aromatic carbocycles. The molecule has 134 valence electrons. The summed E-state index contributed by atoms with van der Waals surface area (Å²) in [6.45, 7) is 5.29. The number of esters is 1. The van der Waals surface area contributed by atoms with Gasteiger partial charge in [-0.25, -0.2) is 8.42 Å². The van der Waals surface area contributed by atoms with Crippen LogP contribution in [0, 0.1) is 6.92 Å². The van der Waals surface area contributed by atoms with Crippen LogP contribution in [-0.2, 0) is 26.0 Å². The molecule has 1 atom stereocenters. The van der Waals surface area contributed by atoms with Gasteiger partial charge in [0.1, 0.15) is 5.54 Å². The monoisotopic (exact) mass is 361 g/mol. The maximum atomic E-state index is 12.7. The second kappa shape index (κ2) is 7.80. The van der Waals surface area contributed by atoms with Gasteiger partial charge in [-0.15, -0.1) is 0 Å². The van der Waals surface area contributed by atoms with Gasteiger partial charge in [0.2, 0.25) is 10.0 Å². The minimum Gasteiger partial charge on any atom is -0.465 e. The second-order valence-electron chi connectivity index (χ2n) is 6.13. The Morgan fingerprint density at radius 1 is 1.08 bits per heavy atom. The first-order valence-electron chi connectivity index (χ1n) is 8.08. The van der Waals surface area contributed by atoms with Crippen LogP contribution in [0.25, 0.3) is 0 Å². The van der Waals surface area contributed by atoms with Gasteiger partial charge >= 0.3 is 5.97 Å². The molecule has 0 aromatic heterocycles. The van der Waals surface area contributed by atoms with Gasteiger partial charge in [0.05, 0.1) is 11.5 Å². The third-order valence-corrected chi connectivity index (χ3v) is 5.43. The Morgan fingerprint density at radius 2 is 1.68 bits per heavy atom. The number of hydrogen-bond acceptors (Lipinski definition) is 4. The Bertz CT molecular complexity index is 816. The predicted octanol–water partition coefficient (Wildman–Crippen LogP) is 2.84. The van der Waals surface area contributed by atoms with Crippen LogP contribution in [0.15, 0.2) is 59.5 Å². The van der Waals surface area contributed by atoms with Crippen molar-refractivity contribution in [2.75, 3.05) is 6.61 Å². The Balaban J connectivity index is 2.35. The number of nitrogens with one attached hydrogen (secondary N) is 1. The molecular formula is C19H23NO4S. The van der Waals surface area contributed by atoms with Gasteiger partial charge in [0.25, 0.3) is 0 Å². The number of sulfonamides is 1. The van der Waals surface area contributed by atoms with Crippen molar-refractivity contribution in [1.82, 2.24) is 4.72 Å². The van der Waals surface area contributed by atoms with Crippen LogP contribution in [0.5, 0.6) is 0 Å². The summed E-state index contributed by atoms with van der Waals surface area (Å²) in [4.78, 5) is 12.6. The molecule has 0 radical (unpaired) electrons. The van der Waals surface area contributed by atoms with E-state index in [2.05, 4.69) is 4.72 Å². The number of hydrogen-bond donors (Lipinski definition) is 1. The van der Waals surface area contributed by atoms with Crippen LogP contribution < -0.4 is 4.72 Å². The highest BCUT2D eigenvalue weighted by atomic mass is 32.2. The number of ether oxygens (including phenoxy) is 1. The second-order valence-corrected chi connectivity index (χ2v) is 7.82. The van der Waals surface area contributed by atoms with Crippen LogP contribution in [0.1, 0.15) is 25.0 Å². The first kappa shape index (κ1) is 19.1. The fourth-order valence-corrected chi connectivity index (χ4v) is 3.88. The summed E-state index contributed by atoms with van der Waals surface area (Å²) in [7, 11) is -3.87. The molecule has 2 aromatic rings. The molecule has 2 rings (SSSR count). The lowest BCUT2D eigenvalue weighted by Crippen LogP contribution is -2.54. The molecule has 1 unspecified atom stereocenters. The molecule has 0 fully saturated rings. The highest BCUT2D eigenvalue weighted by Crippen LogP contribution is 2.20. The van der Waals surface area contributed by atoms with E-state index in [0.29, 0.717) is 0 Å². The minimum absolute atomic E-state index is 0.113. The summed E-state index contributed by atoms with van der Waals surface area (Å²) < 4.78 is 33.1. The lowest BCUT2D eigenvalue weighted by atomic mass is 9.94. The van der Waals surface area contributed by atoms with Crippen molar-refractivity contribution in [1.29, 1.82) is 0 Å². The fraction of sp³-hybridized carbons (Fsp3) is 0.316. The molecule has 0 aliphatic heterocycles. The van der Waals surface area contributed by atoms with Gasteiger partial charge in [-0.3, -0.25) is 4.79 Å². The van der Waals surface area contributed by atoms with Crippen LogP contribution in [-0.4, -0.2) is 26.5 Å². The number of rotatable bonds is 7. The maximum absolute atomic E-state index is 12.7. The molecule has 0 heterocycles. The first-order valence-corrected chi connectivity index (χ1v) is 9.57. The summed E-state index contributed by atoms with van der Waals surface area (Å²) in [5.41, 5.74) is 0.391. The van der Waals surface area contributed by atoms with E-state index in [1.807, 2.05) is 37.3 Å². The zero-order chi connectivity index (χ0) is 18.5. The van der Waals surface area contributed by atoms with Gasteiger partial charge in [0.15, 0.2) is 0 Å². The maximum Gasteiger partial charge on any atom is 0.327 e. The molecule has 5 nitrogen and oxygen atoms in total. The third-order valence-electron chi connectivity index (χ3n) is 3.82. The Morgan fingerprint density at radius 3 is 2.24 bits per heavy atom. The molecular weight excluding hydrogens is 338 g/mol. The van der Waals surface area contributed by atoms with E-state index in [-0.39, 0.29) is 17.9 Å². The molecule has 0 amide bonds. The van der Waals surface area contributed by atoms with E-state index in [1.54, 1.807) is 26.0 Å². The van der Waals surface area contributed by atoms with E-state index in [9.17, 15) is 13.2 Å². The van der Waals surface area contributed by atoms with E-state index >= 15 is 0 Å². The predicted molar refractivity (Wildman–Crippen MR) is 96.7 cm³/mol. The standard InChI is InChI=1S/C19H23NO4S/c1-4-24-18(21)19(3,14-16-8-6-5-7-9-16)20-25(22,23)17-12-10-15(2)11-13-17/h5-13,20H,4,14H2,1-3H3. The zero-order valence-corrected chi connectivity index (χ0v) is 15.5. The van der Waals surface area contributed by atoms with E-state index in [1.165, 1.54) is 12.1 Å². The Hall–Kier alpha value is -2.18. The van der Waals surface area contributed by atoms with Crippen molar-refractivity contribution < 1.29 is 17.9 Å². The van der Waals surface area contributed by atoms with Gasteiger partial charge in [-0.05, 0) is 38.5 Å². The molecule has 1 N–H and O–H groups in total. The van der Waals surface area contributed by atoms with Gasteiger partial charge < -0.3 is 4.74 Å². The average Bonchev–Trinajstić information content (AvgIpc) is 2.56. The molecule has 0 bridgehead atoms. The molecule has 0 spiro atoms. The summed E-state index contributed by atoms with van der Waals surface area (Å²) in [6.07, 6.45) is 0.192. The zero-order valence-electron chi connectivity index (χ0n) is 14.7. The van der Waals surface area contributed by atoms with E-state index in [0.717, 1.165) is 11.1 Å². The lowest BCUT2D eigenvalue weighted by molar-refractivity contribution is -0.149. The highest BCUT2D eigenvalue weighted by molar-refractivity contribution is 7.89. The van der Waals surface area contributed by atoms with E-state index < -0.39 is 21.5 Å². The smallest absolute Gasteiger partial charge is 0.327 e. The Kier molecular flexibility index (Phi) is 5.98. The van der Waals surface area contributed by atoms with Gasteiger partial charge in [-0.1, -0.05) is 48.0 Å². The minimum atomic E-state index is -3.87. The third kappa shape index (κ3) is 4.90. The van der Waals surface area contributed by atoms with Crippen molar-refractivity contribution >= 4 is 16.0 Å². The van der Waals surface area contributed by atoms with Crippen molar-refractivity contribution in [2.45, 2.75) is 37.6 Å². The Labute approximate surface area is 149 Å². The fourth-order valence-electron chi connectivity index (χ4n) is 2.52. The van der Waals surface area contributed by atoms with Crippen LogP contribution >= 0.6 is 0 Å². The van der Waals surface area contributed by atoms with Crippen LogP contribution in [0.3, 0.4) is 0 Å². The van der Waals surface area contributed by atoms with Crippen molar-refractivity contribution in [3.63, 3.8) is 0 Å². The van der Waals surface area contributed by atoms with Gasteiger partial charge in [-0.2, -0.15) is 4.72 Å². The largest absolute Gasteiger partial charge is 0.465 e. The first-order chi connectivity index (χ1) is 11.8. The van der Waals surface area contributed by atoms with Crippen molar-refractivity contribution in [2.24, 2.45) is 0 Å². The topological polar surface area (TPSA) is 72.5 Å². The normalized spacial score (nSPS) is 13.9. The van der Waals surface area contributed by atoms with Gasteiger partial charge in [0, 0.05) is 6.42 Å². The summed E-state index contributed by atoms with van der Waals surface area (Å²) >= 11 is 0. The number of aryl methyl sites for hydroxylation is 1.